The van der Waals surface area contributed by atoms with Crippen LogP contribution in [0.2, 0.25) is 0 Å². The van der Waals surface area contributed by atoms with Gasteiger partial charge >= 0.3 is 0 Å². The van der Waals surface area contributed by atoms with E-state index in [0.29, 0.717) is 18.6 Å². The van der Waals surface area contributed by atoms with Crippen LogP contribution in [0.1, 0.15) is 83.6 Å². The van der Waals surface area contributed by atoms with E-state index >= 15 is 0 Å². The second-order valence-corrected chi connectivity index (χ2v) is 6.80. The third-order valence-corrected chi connectivity index (χ3v) is 4.49. The van der Waals surface area contributed by atoms with Crippen molar-refractivity contribution in [1.29, 1.82) is 0 Å². The predicted molar refractivity (Wildman–Crippen MR) is 99.1 cm³/mol. The highest BCUT2D eigenvalue weighted by atomic mass is 19.2. The molecule has 0 aromatic heterocycles. The number of benzene rings is 1. The summed E-state index contributed by atoms with van der Waals surface area (Å²) in [6.07, 6.45) is 9.70. The van der Waals surface area contributed by atoms with Crippen molar-refractivity contribution in [3.8, 4) is 5.75 Å². The van der Waals surface area contributed by atoms with Gasteiger partial charge in [-0.25, -0.2) is 4.39 Å². The van der Waals surface area contributed by atoms with Gasteiger partial charge in [-0.3, -0.25) is 0 Å². The molecule has 0 spiro atoms. The largest absolute Gasteiger partial charge is 0.490 e. The van der Waals surface area contributed by atoms with Crippen LogP contribution in [0.25, 0.3) is 0 Å². The summed E-state index contributed by atoms with van der Waals surface area (Å²) in [4.78, 5) is 0. The van der Waals surface area contributed by atoms with Crippen LogP contribution in [0.4, 0.5) is 8.78 Å². The lowest BCUT2D eigenvalue weighted by Crippen LogP contribution is -2.06. The van der Waals surface area contributed by atoms with E-state index in [0.717, 1.165) is 51.4 Å². The molecule has 0 aliphatic heterocycles. The molecular formula is C21H34F2O2. The van der Waals surface area contributed by atoms with Gasteiger partial charge in [0.2, 0.25) is 5.82 Å². The maximum atomic E-state index is 14.1. The van der Waals surface area contributed by atoms with Crippen LogP contribution < -0.4 is 4.74 Å². The first-order chi connectivity index (χ1) is 12.1. The minimum Gasteiger partial charge on any atom is -0.490 e. The zero-order chi connectivity index (χ0) is 18.5. The van der Waals surface area contributed by atoms with Crippen LogP contribution >= 0.6 is 0 Å². The molecule has 1 aromatic rings. The molecule has 1 atom stereocenters. The summed E-state index contributed by atoms with van der Waals surface area (Å²) in [6.45, 7) is 4.62. The lowest BCUT2D eigenvalue weighted by molar-refractivity contribution is 0.150. The Morgan fingerprint density at radius 2 is 1.64 bits per heavy atom. The third kappa shape index (κ3) is 8.66. The molecule has 1 rings (SSSR count). The van der Waals surface area contributed by atoms with Crippen molar-refractivity contribution in [3.63, 3.8) is 0 Å². The molecule has 0 radical (unpaired) electrons. The molecular weight excluding hydrogens is 322 g/mol. The Labute approximate surface area is 151 Å². The van der Waals surface area contributed by atoms with Crippen molar-refractivity contribution >= 4 is 0 Å². The van der Waals surface area contributed by atoms with Gasteiger partial charge in [-0.15, -0.1) is 0 Å². The summed E-state index contributed by atoms with van der Waals surface area (Å²) in [5.74, 6) is -1.66. The van der Waals surface area contributed by atoms with E-state index in [1.165, 1.54) is 18.9 Å². The Balaban J connectivity index is 2.37. The van der Waals surface area contributed by atoms with Crippen molar-refractivity contribution in [3.05, 3.63) is 29.3 Å². The van der Waals surface area contributed by atoms with E-state index in [-0.39, 0.29) is 11.9 Å². The summed E-state index contributed by atoms with van der Waals surface area (Å²) in [5.41, 5.74) is 0.387. The fourth-order valence-electron chi connectivity index (χ4n) is 2.94. The Hall–Kier alpha value is -1.16. The number of unbranched alkanes of at least 4 members (excludes halogenated alkanes) is 5. The second kappa shape index (κ2) is 13.1. The molecule has 1 aromatic carbocycles. The van der Waals surface area contributed by atoms with Gasteiger partial charge in [0.1, 0.15) is 0 Å². The van der Waals surface area contributed by atoms with Gasteiger partial charge in [0.25, 0.3) is 0 Å². The topological polar surface area (TPSA) is 29.5 Å². The number of aryl methyl sites for hydroxylation is 1. The molecule has 0 bridgehead atoms. The first kappa shape index (κ1) is 21.9. The van der Waals surface area contributed by atoms with Crippen LogP contribution in [0.15, 0.2) is 12.1 Å². The normalized spacial score (nSPS) is 12.4. The SMILES string of the molecule is CCCCCCCOc1ccc(CCCCC(O)CCC)c(F)c1F. The summed E-state index contributed by atoms with van der Waals surface area (Å²) in [5, 5.41) is 9.68. The van der Waals surface area contributed by atoms with Crippen LogP contribution in [0.5, 0.6) is 5.75 Å². The zero-order valence-electron chi connectivity index (χ0n) is 15.8. The van der Waals surface area contributed by atoms with Gasteiger partial charge in [-0.2, -0.15) is 4.39 Å². The van der Waals surface area contributed by atoms with Gasteiger partial charge in [-0.1, -0.05) is 58.4 Å². The Kier molecular flexibility index (Phi) is 11.5. The number of hydrogen-bond donors (Lipinski definition) is 1. The number of ether oxygens (including phenoxy) is 1. The number of hydrogen-bond acceptors (Lipinski definition) is 2. The van der Waals surface area contributed by atoms with Crippen molar-refractivity contribution in [2.45, 2.75) is 90.6 Å². The monoisotopic (exact) mass is 356 g/mol. The van der Waals surface area contributed by atoms with Crippen molar-refractivity contribution in [1.82, 2.24) is 0 Å². The average molecular weight is 356 g/mol. The fraction of sp³-hybridized carbons (Fsp3) is 0.714. The van der Waals surface area contributed by atoms with Crippen LogP contribution in [-0.2, 0) is 6.42 Å². The predicted octanol–water partition coefficient (Wildman–Crippen LogP) is 6.19. The first-order valence-electron chi connectivity index (χ1n) is 9.87. The zero-order valence-corrected chi connectivity index (χ0v) is 15.8. The number of aliphatic hydroxyl groups is 1. The average Bonchev–Trinajstić information content (AvgIpc) is 2.60. The molecule has 2 nitrogen and oxygen atoms in total. The quantitative estimate of drug-likeness (QED) is 0.403. The van der Waals surface area contributed by atoms with Crippen molar-refractivity contribution in [2.75, 3.05) is 6.61 Å². The van der Waals surface area contributed by atoms with Gasteiger partial charge in [0.15, 0.2) is 11.6 Å². The summed E-state index contributed by atoms with van der Waals surface area (Å²) in [6, 6.07) is 3.15. The minimum atomic E-state index is -0.878. The molecule has 1 unspecified atom stereocenters. The molecule has 0 aliphatic rings. The number of aliphatic hydroxyl groups excluding tert-OH is 1. The van der Waals surface area contributed by atoms with E-state index < -0.39 is 11.6 Å². The molecule has 25 heavy (non-hydrogen) atoms. The molecule has 4 heteroatoms. The van der Waals surface area contributed by atoms with Crippen molar-refractivity contribution < 1.29 is 18.6 Å². The van der Waals surface area contributed by atoms with Gasteiger partial charge in [-0.05, 0) is 43.7 Å². The molecule has 0 saturated carbocycles. The Morgan fingerprint density at radius 3 is 2.36 bits per heavy atom. The minimum absolute atomic E-state index is 0.00936. The molecule has 0 amide bonds. The number of rotatable bonds is 14. The van der Waals surface area contributed by atoms with Gasteiger partial charge < -0.3 is 9.84 Å². The molecule has 0 aliphatic carbocycles. The highest BCUT2D eigenvalue weighted by Crippen LogP contribution is 2.24. The second-order valence-electron chi connectivity index (χ2n) is 6.80. The molecule has 0 fully saturated rings. The molecule has 0 saturated heterocycles. The highest BCUT2D eigenvalue weighted by molar-refractivity contribution is 5.31. The summed E-state index contributed by atoms with van der Waals surface area (Å²) >= 11 is 0. The van der Waals surface area contributed by atoms with E-state index in [1.54, 1.807) is 6.07 Å². The number of halogens is 2. The summed E-state index contributed by atoms with van der Waals surface area (Å²) < 4.78 is 33.6. The van der Waals surface area contributed by atoms with E-state index in [9.17, 15) is 13.9 Å². The van der Waals surface area contributed by atoms with Crippen LogP contribution in [0, 0.1) is 11.6 Å². The van der Waals surface area contributed by atoms with Crippen molar-refractivity contribution in [2.24, 2.45) is 0 Å². The Morgan fingerprint density at radius 1 is 0.880 bits per heavy atom. The lowest BCUT2D eigenvalue weighted by Gasteiger charge is -2.11. The van der Waals surface area contributed by atoms with E-state index in [2.05, 4.69) is 6.92 Å². The maximum Gasteiger partial charge on any atom is 0.200 e. The summed E-state index contributed by atoms with van der Waals surface area (Å²) in [7, 11) is 0. The third-order valence-electron chi connectivity index (χ3n) is 4.49. The van der Waals surface area contributed by atoms with Crippen LogP contribution in [0.3, 0.4) is 0 Å². The van der Waals surface area contributed by atoms with Gasteiger partial charge in [0.05, 0.1) is 12.7 Å². The van der Waals surface area contributed by atoms with E-state index in [4.69, 9.17) is 4.74 Å². The van der Waals surface area contributed by atoms with Gasteiger partial charge in [0, 0.05) is 0 Å². The smallest absolute Gasteiger partial charge is 0.200 e. The lowest BCUT2D eigenvalue weighted by atomic mass is 10.0. The highest BCUT2D eigenvalue weighted by Gasteiger charge is 2.14. The molecule has 1 N–H and O–H groups in total. The fourth-order valence-corrected chi connectivity index (χ4v) is 2.94. The molecule has 0 heterocycles. The van der Waals surface area contributed by atoms with E-state index in [1.807, 2.05) is 6.92 Å². The first-order valence-corrected chi connectivity index (χ1v) is 9.87. The Bertz CT molecular complexity index is 477. The molecule has 144 valence electrons. The standard InChI is InChI=1S/C21H34F2O2/c1-3-5-6-7-10-16-25-19-15-14-17(20(22)21(19)23)12-8-9-13-18(24)11-4-2/h14-15,18,24H,3-13,16H2,1-2H3. The maximum absolute atomic E-state index is 14.1. The van der Waals surface area contributed by atoms with Crippen LogP contribution in [-0.4, -0.2) is 17.8 Å².